The fourth-order valence-corrected chi connectivity index (χ4v) is 1.83. The summed E-state index contributed by atoms with van der Waals surface area (Å²) in [6.45, 7) is 3.29. The molecule has 0 fully saturated rings. The molecule has 0 atom stereocenters. The molecule has 0 aliphatic rings. The molecule has 0 unspecified atom stereocenters. The molecule has 0 aromatic rings. The van der Waals surface area contributed by atoms with Crippen LogP contribution in [0.1, 0.15) is 58.3 Å². The summed E-state index contributed by atoms with van der Waals surface area (Å²) < 4.78 is 0. The highest BCUT2D eigenvalue weighted by Crippen LogP contribution is 2.09. The van der Waals surface area contributed by atoms with Crippen molar-refractivity contribution in [3.8, 4) is 0 Å². The van der Waals surface area contributed by atoms with Gasteiger partial charge in [-0.25, -0.2) is 0 Å². The molecule has 5 heteroatoms. The summed E-state index contributed by atoms with van der Waals surface area (Å²) in [6, 6.07) is 0. The zero-order valence-corrected chi connectivity index (χ0v) is 12.4. The molecule has 0 bridgehead atoms. The number of hydrogen-bond acceptors (Lipinski definition) is 5. The number of hydroxylamine groups is 2. The van der Waals surface area contributed by atoms with E-state index in [1.807, 2.05) is 0 Å². The van der Waals surface area contributed by atoms with Crippen LogP contribution < -0.4 is 0 Å². The first-order valence-electron chi connectivity index (χ1n) is 7.60. The number of rotatable bonds is 15. The third-order valence-electron chi connectivity index (χ3n) is 2.85. The smallest absolute Gasteiger partial charge is 0.0942 e. The van der Waals surface area contributed by atoms with Gasteiger partial charge < -0.3 is 10.2 Å². The summed E-state index contributed by atoms with van der Waals surface area (Å²) in [6.07, 6.45) is 10.0. The molecule has 0 rings (SSSR count). The topological polar surface area (TPSA) is 62.2 Å². The Kier molecular flexibility index (Phi) is 15.7. The average molecular weight is 277 g/mol. The molecular formula is C14H31NO4. The average Bonchev–Trinajstić information content (AvgIpc) is 2.43. The maximum absolute atomic E-state index is 8.70. The molecule has 2 N–H and O–H groups in total. The van der Waals surface area contributed by atoms with Crippen LogP contribution in [0.15, 0.2) is 0 Å². The van der Waals surface area contributed by atoms with E-state index in [1.165, 1.54) is 43.8 Å². The van der Waals surface area contributed by atoms with Crippen molar-refractivity contribution >= 4 is 0 Å². The third-order valence-corrected chi connectivity index (χ3v) is 2.85. The van der Waals surface area contributed by atoms with Gasteiger partial charge in [-0.3, -0.25) is 9.68 Å². The van der Waals surface area contributed by atoms with Crippen LogP contribution in [0.3, 0.4) is 0 Å². The van der Waals surface area contributed by atoms with Crippen LogP contribution in [0, 0.1) is 0 Å². The van der Waals surface area contributed by atoms with Crippen molar-refractivity contribution in [2.75, 3.05) is 33.0 Å². The second-order valence-corrected chi connectivity index (χ2v) is 4.64. The van der Waals surface area contributed by atoms with Crippen molar-refractivity contribution in [2.24, 2.45) is 0 Å². The first-order chi connectivity index (χ1) is 9.35. The Bertz CT molecular complexity index is 162. The van der Waals surface area contributed by atoms with E-state index < -0.39 is 0 Å². The van der Waals surface area contributed by atoms with E-state index in [9.17, 15) is 0 Å². The van der Waals surface area contributed by atoms with Gasteiger partial charge in [0.05, 0.1) is 33.0 Å². The zero-order valence-electron chi connectivity index (χ0n) is 12.4. The Morgan fingerprint density at radius 1 is 0.737 bits per heavy atom. The summed E-state index contributed by atoms with van der Waals surface area (Å²) in [4.78, 5) is 10.4. The van der Waals surface area contributed by atoms with Gasteiger partial charge in [-0.1, -0.05) is 57.1 Å². The van der Waals surface area contributed by atoms with E-state index in [4.69, 9.17) is 19.9 Å². The van der Waals surface area contributed by atoms with Crippen molar-refractivity contribution in [1.29, 1.82) is 0 Å². The second kappa shape index (κ2) is 15.9. The lowest BCUT2D eigenvalue weighted by Crippen LogP contribution is -2.28. The summed E-state index contributed by atoms with van der Waals surface area (Å²) in [5.41, 5.74) is 0. The monoisotopic (exact) mass is 277 g/mol. The molecule has 19 heavy (non-hydrogen) atoms. The van der Waals surface area contributed by atoms with Gasteiger partial charge in [-0.05, 0) is 6.42 Å². The van der Waals surface area contributed by atoms with E-state index in [1.54, 1.807) is 0 Å². The van der Waals surface area contributed by atoms with Crippen LogP contribution in [0.5, 0.6) is 0 Å². The molecule has 0 saturated heterocycles. The van der Waals surface area contributed by atoms with Gasteiger partial charge in [0, 0.05) is 0 Å². The fourth-order valence-electron chi connectivity index (χ4n) is 1.83. The van der Waals surface area contributed by atoms with Crippen LogP contribution in [0.25, 0.3) is 0 Å². The summed E-state index contributed by atoms with van der Waals surface area (Å²) in [5, 5.41) is 18.8. The Balaban J connectivity index is 3.40. The number of aliphatic hydroxyl groups excluding tert-OH is 2. The van der Waals surface area contributed by atoms with Crippen LogP contribution >= 0.6 is 0 Å². The lowest BCUT2D eigenvalue weighted by Gasteiger charge is -2.20. The van der Waals surface area contributed by atoms with E-state index in [2.05, 4.69) is 6.92 Å². The molecule has 0 saturated carbocycles. The Morgan fingerprint density at radius 2 is 1.21 bits per heavy atom. The van der Waals surface area contributed by atoms with Crippen LogP contribution in [-0.2, 0) is 9.68 Å². The minimum atomic E-state index is -0.0313. The van der Waals surface area contributed by atoms with Gasteiger partial charge >= 0.3 is 0 Å². The SMILES string of the molecule is CCCCCCCCCCN(OCCO)OCCO. The van der Waals surface area contributed by atoms with Crippen LogP contribution in [0.4, 0.5) is 0 Å². The summed E-state index contributed by atoms with van der Waals surface area (Å²) in [5.74, 6) is 0. The Morgan fingerprint density at radius 3 is 1.68 bits per heavy atom. The van der Waals surface area contributed by atoms with E-state index in [0.29, 0.717) is 6.54 Å². The predicted molar refractivity (Wildman–Crippen MR) is 75.4 cm³/mol. The fraction of sp³-hybridized carbons (Fsp3) is 1.00. The molecule has 0 aliphatic carbocycles. The van der Waals surface area contributed by atoms with Crippen LogP contribution in [-0.4, -0.2) is 48.4 Å². The first kappa shape index (κ1) is 18.8. The van der Waals surface area contributed by atoms with Crippen LogP contribution in [0.2, 0.25) is 0 Å². The summed E-state index contributed by atoms with van der Waals surface area (Å²) in [7, 11) is 0. The minimum Gasteiger partial charge on any atom is -0.394 e. The molecular weight excluding hydrogens is 246 g/mol. The Labute approximate surface area is 117 Å². The van der Waals surface area contributed by atoms with Gasteiger partial charge in [0.2, 0.25) is 0 Å². The van der Waals surface area contributed by atoms with Crippen molar-refractivity contribution in [2.45, 2.75) is 58.3 Å². The van der Waals surface area contributed by atoms with Crippen molar-refractivity contribution < 1.29 is 19.9 Å². The van der Waals surface area contributed by atoms with Gasteiger partial charge in [0.15, 0.2) is 0 Å². The normalized spacial score (nSPS) is 11.4. The van der Waals surface area contributed by atoms with Crippen molar-refractivity contribution in [3.05, 3.63) is 0 Å². The largest absolute Gasteiger partial charge is 0.394 e. The summed E-state index contributed by atoms with van der Waals surface area (Å²) >= 11 is 0. The van der Waals surface area contributed by atoms with Gasteiger partial charge in [0.25, 0.3) is 0 Å². The van der Waals surface area contributed by atoms with Gasteiger partial charge in [-0.2, -0.15) is 0 Å². The molecule has 5 nitrogen and oxygen atoms in total. The predicted octanol–water partition coefficient (Wildman–Crippen LogP) is 2.28. The zero-order chi connectivity index (χ0) is 14.2. The van der Waals surface area contributed by atoms with E-state index in [0.717, 1.165) is 12.8 Å². The lowest BCUT2D eigenvalue weighted by molar-refractivity contribution is -0.371. The van der Waals surface area contributed by atoms with Gasteiger partial charge in [0.1, 0.15) is 0 Å². The minimum absolute atomic E-state index is 0.0313. The number of nitrogens with zero attached hydrogens (tertiary/aromatic N) is 1. The molecule has 116 valence electrons. The standard InChI is InChI=1S/C14H31NO4/c1-2-3-4-5-6-7-8-9-10-15(18-13-11-16)19-14-12-17/h16-17H,2-14H2,1H3. The highest BCUT2D eigenvalue weighted by molar-refractivity contribution is 4.46. The Hall–Kier alpha value is -0.200. The maximum Gasteiger partial charge on any atom is 0.0942 e. The molecule has 0 aliphatic heterocycles. The maximum atomic E-state index is 8.70. The molecule has 0 radical (unpaired) electrons. The lowest BCUT2D eigenvalue weighted by atomic mass is 10.1. The second-order valence-electron chi connectivity index (χ2n) is 4.64. The van der Waals surface area contributed by atoms with Gasteiger partial charge in [-0.15, -0.1) is 0 Å². The van der Waals surface area contributed by atoms with Crippen molar-refractivity contribution in [3.63, 3.8) is 0 Å². The number of unbranched alkanes of at least 4 members (excludes halogenated alkanes) is 7. The highest BCUT2D eigenvalue weighted by Gasteiger charge is 2.05. The first-order valence-corrected chi connectivity index (χ1v) is 7.60. The number of hydrogen-bond donors (Lipinski definition) is 2. The highest BCUT2D eigenvalue weighted by atomic mass is 16.9. The number of aliphatic hydroxyl groups is 2. The molecule has 0 aromatic heterocycles. The molecule has 0 aromatic carbocycles. The molecule has 0 amide bonds. The van der Waals surface area contributed by atoms with E-state index >= 15 is 0 Å². The quantitative estimate of drug-likeness (QED) is 0.355. The molecule has 0 spiro atoms. The third kappa shape index (κ3) is 14.0. The van der Waals surface area contributed by atoms with E-state index in [-0.39, 0.29) is 26.4 Å². The van der Waals surface area contributed by atoms with Crippen molar-refractivity contribution in [1.82, 2.24) is 5.23 Å². The molecule has 0 heterocycles.